The van der Waals surface area contributed by atoms with E-state index in [4.69, 9.17) is 0 Å². The van der Waals surface area contributed by atoms with Crippen molar-refractivity contribution in [1.29, 1.82) is 0 Å². The topological polar surface area (TPSA) is 34.1 Å². The third-order valence-corrected chi connectivity index (χ3v) is 7.06. The first-order valence-electron chi connectivity index (χ1n) is 4.97. The van der Waals surface area contributed by atoms with E-state index in [1.807, 2.05) is 0 Å². The lowest BCUT2D eigenvalue weighted by Crippen LogP contribution is -2.04. The summed E-state index contributed by atoms with van der Waals surface area (Å²) in [6.45, 7) is 0. The molecule has 2 aromatic rings. The average molecular weight is 534 g/mol. The van der Waals surface area contributed by atoms with Crippen LogP contribution in [0.15, 0.2) is 64.1 Å². The molecule has 0 aliphatic heterocycles. The van der Waals surface area contributed by atoms with Gasteiger partial charge in [0.25, 0.3) is 0 Å². The van der Waals surface area contributed by atoms with E-state index in [0.29, 0.717) is 8.95 Å². The summed E-state index contributed by atoms with van der Waals surface area (Å²) in [4.78, 5) is 0.470. The Morgan fingerprint density at radius 2 is 1.05 bits per heavy atom. The summed E-state index contributed by atoms with van der Waals surface area (Å²) in [5.74, 6) is 0. The SMILES string of the molecule is O=S(=O)(c1ccc(Br)cc1Br)c1ccc(Br)cc1Br. The summed E-state index contributed by atoms with van der Waals surface area (Å²) in [6.07, 6.45) is 0. The van der Waals surface area contributed by atoms with Gasteiger partial charge in [0.05, 0.1) is 9.79 Å². The highest BCUT2D eigenvalue weighted by molar-refractivity contribution is 9.11. The van der Waals surface area contributed by atoms with Crippen molar-refractivity contribution in [3.05, 3.63) is 54.3 Å². The third kappa shape index (κ3) is 3.32. The minimum atomic E-state index is -3.57. The van der Waals surface area contributed by atoms with Gasteiger partial charge in [0.1, 0.15) is 0 Å². The lowest BCUT2D eigenvalue weighted by molar-refractivity contribution is 0.595. The molecule has 0 saturated carbocycles. The van der Waals surface area contributed by atoms with Crippen LogP contribution in [0.4, 0.5) is 0 Å². The summed E-state index contributed by atoms with van der Waals surface area (Å²) in [6, 6.07) is 9.95. The molecule has 7 heteroatoms. The van der Waals surface area contributed by atoms with Crippen LogP contribution in [-0.2, 0) is 9.84 Å². The third-order valence-electron chi connectivity index (χ3n) is 2.37. The Kier molecular flexibility index (Phi) is 4.93. The van der Waals surface area contributed by atoms with Gasteiger partial charge in [0.2, 0.25) is 9.84 Å². The van der Waals surface area contributed by atoms with E-state index in [9.17, 15) is 8.42 Å². The van der Waals surface area contributed by atoms with Crippen molar-refractivity contribution in [1.82, 2.24) is 0 Å². The van der Waals surface area contributed by atoms with E-state index >= 15 is 0 Å². The Hall–Kier alpha value is 0.310. The number of rotatable bonds is 2. The molecule has 0 aliphatic rings. The Morgan fingerprint density at radius 1 is 0.684 bits per heavy atom. The van der Waals surface area contributed by atoms with E-state index < -0.39 is 9.84 Å². The van der Waals surface area contributed by atoms with Gasteiger partial charge in [-0.1, -0.05) is 31.9 Å². The number of halogens is 4. The maximum absolute atomic E-state index is 12.6. The smallest absolute Gasteiger partial charge is 0.208 e. The monoisotopic (exact) mass is 530 g/mol. The minimum absolute atomic E-state index is 0.235. The fourth-order valence-corrected chi connectivity index (χ4v) is 6.24. The molecular weight excluding hydrogens is 528 g/mol. The van der Waals surface area contributed by atoms with Gasteiger partial charge in [0.15, 0.2) is 0 Å². The fraction of sp³-hybridized carbons (Fsp3) is 0. The van der Waals surface area contributed by atoms with Gasteiger partial charge in [-0.25, -0.2) is 8.42 Å². The van der Waals surface area contributed by atoms with Crippen LogP contribution in [0, 0.1) is 0 Å². The molecule has 0 spiro atoms. The van der Waals surface area contributed by atoms with Crippen LogP contribution in [0.5, 0.6) is 0 Å². The molecule has 0 radical (unpaired) electrons. The minimum Gasteiger partial charge on any atom is -0.218 e. The van der Waals surface area contributed by atoms with Crippen LogP contribution in [-0.4, -0.2) is 8.42 Å². The molecule has 0 saturated heterocycles. The Labute approximate surface area is 145 Å². The van der Waals surface area contributed by atoms with Gasteiger partial charge in [0, 0.05) is 17.9 Å². The fourth-order valence-electron chi connectivity index (χ4n) is 1.50. The van der Waals surface area contributed by atoms with E-state index in [1.165, 1.54) is 0 Å². The van der Waals surface area contributed by atoms with Gasteiger partial charge in [-0.05, 0) is 68.3 Å². The number of benzene rings is 2. The number of hydrogen-bond donors (Lipinski definition) is 0. The van der Waals surface area contributed by atoms with Crippen LogP contribution < -0.4 is 0 Å². The molecule has 0 fully saturated rings. The second-order valence-corrected chi connectivity index (χ2v) is 9.08. The quantitative estimate of drug-likeness (QED) is 0.506. The molecule has 0 bridgehead atoms. The molecule has 2 rings (SSSR count). The van der Waals surface area contributed by atoms with E-state index in [0.717, 1.165) is 8.95 Å². The van der Waals surface area contributed by atoms with Crippen molar-refractivity contribution in [2.75, 3.05) is 0 Å². The molecule has 0 unspecified atom stereocenters. The van der Waals surface area contributed by atoms with Gasteiger partial charge in [-0.3, -0.25) is 0 Å². The van der Waals surface area contributed by atoms with Gasteiger partial charge < -0.3 is 0 Å². The first-order chi connectivity index (χ1) is 8.82. The molecule has 0 heterocycles. The zero-order chi connectivity index (χ0) is 14.2. The molecule has 2 aromatic carbocycles. The van der Waals surface area contributed by atoms with Crippen molar-refractivity contribution in [2.24, 2.45) is 0 Å². The normalized spacial score (nSPS) is 11.6. The summed E-state index contributed by atoms with van der Waals surface area (Å²) in [7, 11) is -3.57. The van der Waals surface area contributed by atoms with Crippen molar-refractivity contribution in [3.63, 3.8) is 0 Å². The highest BCUT2D eigenvalue weighted by Crippen LogP contribution is 2.34. The lowest BCUT2D eigenvalue weighted by atomic mass is 10.4. The number of hydrogen-bond acceptors (Lipinski definition) is 2. The van der Waals surface area contributed by atoms with Crippen LogP contribution in [0.25, 0.3) is 0 Å². The number of sulfone groups is 1. The van der Waals surface area contributed by atoms with Crippen LogP contribution in [0.2, 0.25) is 0 Å². The summed E-state index contributed by atoms with van der Waals surface area (Å²) in [5.41, 5.74) is 0. The van der Waals surface area contributed by atoms with E-state index in [2.05, 4.69) is 63.7 Å². The molecular formula is C12H6Br4O2S. The predicted molar refractivity (Wildman–Crippen MR) is 89.1 cm³/mol. The van der Waals surface area contributed by atoms with Gasteiger partial charge in [-0.2, -0.15) is 0 Å². The highest BCUT2D eigenvalue weighted by Gasteiger charge is 2.23. The van der Waals surface area contributed by atoms with Crippen molar-refractivity contribution in [2.45, 2.75) is 9.79 Å². The zero-order valence-corrected chi connectivity index (χ0v) is 16.4. The molecule has 0 atom stereocenters. The maximum Gasteiger partial charge on any atom is 0.208 e. The highest BCUT2D eigenvalue weighted by atomic mass is 79.9. The molecule has 0 N–H and O–H groups in total. The van der Waals surface area contributed by atoms with E-state index in [1.54, 1.807) is 36.4 Å². The van der Waals surface area contributed by atoms with Gasteiger partial charge >= 0.3 is 0 Å². The van der Waals surface area contributed by atoms with Crippen LogP contribution >= 0.6 is 63.7 Å². The molecule has 0 aliphatic carbocycles. The molecule has 0 aromatic heterocycles. The van der Waals surface area contributed by atoms with Gasteiger partial charge in [-0.15, -0.1) is 0 Å². The van der Waals surface area contributed by atoms with Crippen LogP contribution in [0.3, 0.4) is 0 Å². The molecule has 19 heavy (non-hydrogen) atoms. The second kappa shape index (κ2) is 5.97. The largest absolute Gasteiger partial charge is 0.218 e. The first kappa shape index (κ1) is 15.7. The van der Waals surface area contributed by atoms with Crippen molar-refractivity contribution >= 4 is 73.6 Å². The Bertz CT molecular complexity index is 684. The molecule has 0 amide bonds. The summed E-state index contributed by atoms with van der Waals surface area (Å²) < 4.78 is 27.9. The Morgan fingerprint density at radius 3 is 1.37 bits per heavy atom. The zero-order valence-electron chi connectivity index (χ0n) is 9.20. The average Bonchev–Trinajstić information content (AvgIpc) is 2.27. The van der Waals surface area contributed by atoms with Crippen molar-refractivity contribution in [3.8, 4) is 0 Å². The lowest BCUT2D eigenvalue weighted by Gasteiger charge is -2.09. The molecule has 2 nitrogen and oxygen atoms in total. The van der Waals surface area contributed by atoms with Crippen molar-refractivity contribution < 1.29 is 8.42 Å². The Balaban J connectivity index is 2.65. The summed E-state index contributed by atoms with van der Waals surface area (Å²) >= 11 is 13.2. The van der Waals surface area contributed by atoms with Crippen LogP contribution in [0.1, 0.15) is 0 Å². The second-order valence-electron chi connectivity index (χ2n) is 3.65. The predicted octanol–water partition coefficient (Wildman–Crippen LogP) is 5.57. The standard InChI is InChI=1S/C12H6Br4O2S/c13-7-1-3-11(9(15)5-7)19(17,18)12-4-2-8(14)6-10(12)16/h1-6H. The maximum atomic E-state index is 12.6. The molecule has 100 valence electrons. The van der Waals surface area contributed by atoms with E-state index in [-0.39, 0.29) is 9.79 Å². The first-order valence-corrected chi connectivity index (χ1v) is 9.63. The summed E-state index contributed by atoms with van der Waals surface area (Å²) in [5, 5.41) is 0.